The highest BCUT2D eigenvalue weighted by molar-refractivity contribution is 6.32. The number of nitrogens with zero attached hydrogens (tertiary/aromatic N) is 4. The number of ether oxygens (including phenoxy) is 2. The second kappa shape index (κ2) is 22.6. The van der Waals surface area contributed by atoms with E-state index in [-0.39, 0.29) is 24.0 Å². The van der Waals surface area contributed by atoms with Gasteiger partial charge in [-0.25, -0.2) is 8.78 Å². The van der Waals surface area contributed by atoms with Crippen LogP contribution < -0.4 is 9.47 Å². The van der Waals surface area contributed by atoms with Crippen LogP contribution in [0.1, 0.15) is 133 Å². The van der Waals surface area contributed by atoms with E-state index in [9.17, 15) is 10.2 Å². The van der Waals surface area contributed by atoms with Crippen molar-refractivity contribution in [3.8, 4) is 11.5 Å². The monoisotopic (exact) mass is 910 g/mol. The van der Waals surface area contributed by atoms with Gasteiger partial charge in [0, 0.05) is 54.1 Å². The maximum Gasteiger partial charge on any atom is 0.127 e. The van der Waals surface area contributed by atoms with E-state index in [4.69, 9.17) is 32.7 Å². The zero-order valence-electron chi connectivity index (χ0n) is 37.6. The molecule has 2 aliphatic carbocycles. The van der Waals surface area contributed by atoms with E-state index in [2.05, 4.69) is 19.8 Å². The first-order valence-electron chi connectivity index (χ1n) is 23.8. The van der Waals surface area contributed by atoms with Crippen molar-refractivity contribution < 1.29 is 28.5 Å². The van der Waals surface area contributed by atoms with Crippen LogP contribution in [0.5, 0.6) is 11.5 Å². The average Bonchev–Trinajstić information content (AvgIpc) is 4.05. The van der Waals surface area contributed by atoms with Crippen molar-refractivity contribution in [3.63, 3.8) is 0 Å². The highest BCUT2D eigenvalue weighted by Gasteiger charge is 2.37. The molecule has 4 aliphatic rings. The molecule has 63 heavy (non-hydrogen) atoms. The summed E-state index contributed by atoms with van der Waals surface area (Å²) in [7, 11) is 3.19. The molecule has 2 aliphatic heterocycles. The molecule has 2 unspecified atom stereocenters. The topological polar surface area (TPSA) is 91.2 Å². The SMILES string of the molecule is COc1ccc2ncc(Cl)c(C(F)CCC3(CO)CCN(CC4CCCC4)CC3)c2c1.COc1ccc2ncc(Cl)c(C(F)CCC3(CO)CCN(CCC4CCCC4)CC3)c2c1. The number of fused-ring (bicyclic) bond motifs is 2. The molecule has 2 aromatic carbocycles. The van der Waals surface area contributed by atoms with Crippen molar-refractivity contribution in [2.75, 3.05) is 66.7 Å². The first-order valence-corrected chi connectivity index (χ1v) is 24.5. The van der Waals surface area contributed by atoms with Crippen LogP contribution >= 0.6 is 23.2 Å². The van der Waals surface area contributed by atoms with Gasteiger partial charge in [-0.3, -0.25) is 9.97 Å². The Morgan fingerprint density at radius 1 is 0.667 bits per heavy atom. The molecule has 12 heteroatoms. The number of alkyl halides is 2. The second-order valence-corrected chi connectivity index (χ2v) is 20.2. The van der Waals surface area contributed by atoms with Gasteiger partial charge in [0.15, 0.2) is 0 Å². The number of pyridine rings is 2. The molecule has 0 spiro atoms. The van der Waals surface area contributed by atoms with Crippen LogP contribution in [0.4, 0.5) is 8.78 Å². The van der Waals surface area contributed by atoms with Crippen molar-refractivity contribution >= 4 is 45.0 Å². The summed E-state index contributed by atoms with van der Waals surface area (Å²) in [5, 5.41) is 22.5. The number of piperidine rings is 2. The first kappa shape index (κ1) is 48.1. The molecule has 8 rings (SSSR count). The third-order valence-corrected chi connectivity index (χ3v) is 16.0. The van der Waals surface area contributed by atoms with Crippen LogP contribution in [0, 0.1) is 22.7 Å². The molecule has 2 saturated heterocycles. The minimum absolute atomic E-state index is 0.120. The molecule has 2 saturated carbocycles. The third-order valence-electron chi connectivity index (χ3n) is 15.4. The normalized spacial score (nSPS) is 20.8. The van der Waals surface area contributed by atoms with Crippen LogP contribution in [0.2, 0.25) is 10.0 Å². The van der Waals surface area contributed by atoms with Gasteiger partial charge in [-0.05, 0) is 162 Å². The van der Waals surface area contributed by atoms with Crippen LogP contribution in [0.15, 0.2) is 48.8 Å². The molecule has 346 valence electrons. The smallest absolute Gasteiger partial charge is 0.127 e. The summed E-state index contributed by atoms with van der Waals surface area (Å²) >= 11 is 12.8. The molecular weight excluding hydrogens is 841 g/mol. The Labute approximate surface area is 384 Å². The summed E-state index contributed by atoms with van der Waals surface area (Å²) in [6.45, 7) is 6.60. The maximum atomic E-state index is 15.5. The molecule has 4 aromatic rings. The van der Waals surface area contributed by atoms with E-state index in [0.29, 0.717) is 80.2 Å². The lowest BCUT2D eigenvalue weighted by Gasteiger charge is -2.42. The van der Waals surface area contributed by atoms with E-state index < -0.39 is 12.3 Å². The number of halogens is 4. The predicted octanol–water partition coefficient (Wildman–Crippen LogP) is 12.3. The zero-order chi connectivity index (χ0) is 44.4. The van der Waals surface area contributed by atoms with Gasteiger partial charge in [0.25, 0.3) is 0 Å². The van der Waals surface area contributed by atoms with Crippen molar-refractivity contribution in [1.29, 1.82) is 0 Å². The summed E-state index contributed by atoms with van der Waals surface area (Å²) in [6, 6.07) is 10.9. The van der Waals surface area contributed by atoms with Gasteiger partial charge in [-0.1, -0.05) is 61.7 Å². The quantitative estimate of drug-likeness (QED) is 0.108. The highest BCUT2D eigenvalue weighted by atomic mass is 35.5. The number of aliphatic hydroxyl groups excluding tert-OH is 2. The molecule has 0 bridgehead atoms. The lowest BCUT2D eigenvalue weighted by molar-refractivity contribution is 0.0257. The molecular formula is C51H70Cl2F2N4O4. The van der Waals surface area contributed by atoms with Gasteiger partial charge in [0.1, 0.15) is 23.8 Å². The molecule has 2 aromatic heterocycles. The Kier molecular flexibility index (Phi) is 17.2. The van der Waals surface area contributed by atoms with E-state index in [1.165, 1.54) is 83.3 Å². The van der Waals surface area contributed by atoms with Gasteiger partial charge in [0.05, 0.1) is 35.3 Å². The Morgan fingerprint density at radius 2 is 1.10 bits per heavy atom. The molecule has 2 atom stereocenters. The number of aliphatic hydroxyl groups is 2. The summed E-state index contributed by atoms with van der Waals surface area (Å²) in [6.07, 6.45) is 18.7. The Bertz CT molecular complexity index is 2070. The zero-order valence-corrected chi connectivity index (χ0v) is 39.1. The fourth-order valence-electron chi connectivity index (χ4n) is 11.0. The van der Waals surface area contributed by atoms with Crippen LogP contribution in [-0.4, -0.2) is 96.7 Å². The maximum absolute atomic E-state index is 15.5. The fraction of sp³-hybridized carbons (Fsp3) is 0.647. The van der Waals surface area contributed by atoms with Crippen LogP contribution in [-0.2, 0) is 0 Å². The van der Waals surface area contributed by atoms with Gasteiger partial charge >= 0.3 is 0 Å². The number of benzene rings is 2. The Morgan fingerprint density at radius 3 is 1.52 bits per heavy atom. The first-order chi connectivity index (χ1) is 30.6. The summed E-state index contributed by atoms with van der Waals surface area (Å²) in [4.78, 5) is 13.8. The Hall–Kier alpha value is -2.86. The number of methoxy groups -OCH3 is 2. The van der Waals surface area contributed by atoms with Gasteiger partial charge in [0.2, 0.25) is 0 Å². The van der Waals surface area contributed by atoms with E-state index in [0.717, 1.165) is 63.7 Å². The van der Waals surface area contributed by atoms with Crippen molar-refractivity contribution in [1.82, 2.24) is 19.8 Å². The third kappa shape index (κ3) is 12.1. The number of rotatable bonds is 17. The van der Waals surface area contributed by atoms with Gasteiger partial charge in [-0.2, -0.15) is 0 Å². The van der Waals surface area contributed by atoms with Crippen LogP contribution in [0.3, 0.4) is 0 Å². The number of likely N-dealkylation sites (tertiary alicyclic amines) is 2. The largest absolute Gasteiger partial charge is 0.497 e. The highest BCUT2D eigenvalue weighted by Crippen LogP contribution is 2.44. The second-order valence-electron chi connectivity index (χ2n) is 19.4. The van der Waals surface area contributed by atoms with E-state index in [1.54, 1.807) is 26.4 Å². The summed E-state index contributed by atoms with van der Waals surface area (Å²) in [5.74, 6) is 3.07. The van der Waals surface area contributed by atoms with Gasteiger partial charge < -0.3 is 29.5 Å². The molecule has 8 nitrogen and oxygen atoms in total. The molecule has 4 heterocycles. The lowest BCUT2D eigenvalue weighted by Crippen LogP contribution is -2.43. The summed E-state index contributed by atoms with van der Waals surface area (Å²) < 4.78 is 41.7. The molecule has 0 radical (unpaired) electrons. The predicted molar refractivity (Wildman–Crippen MR) is 252 cm³/mol. The van der Waals surface area contributed by atoms with Crippen molar-refractivity contribution in [3.05, 3.63) is 70.0 Å². The molecule has 0 amide bonds. The lowest BCUT2D eigenvalue weighted by atomic mass is 9.74. The standard InChI is InChI=1S/C26H36ClFN2O2.C25H34ClFN2O2/c1-32-20-6-7-24-21(16-20)25(22(27)17-29-24)23(28)8-10-26(18-31)11-14-30(15-12-26)13-9-19-4-2-3-5-19;1-31-19-6-7-23-20(14-19)24(21(26)15-28-23)22(27)8-9-25(17-30)10-12-29(13-11-25)16-18-4-2-3-5-18/h6-7,16-17,19,23,31H,2-5,8-15,18H2,1H3;6-7,14-15,18,22,30H,2-5,8-13,16-17H2,1H3. The van der Waals surface area contributed by atoms with Gasteiger partial charge in [-0.15, -0.1) is 0 Å². The number of hydrogen-bond donors (Lipinski definition) is 2. The number of hydrogen-bond acceptors (Lipinski definition) is 8. The fourth-order valence-corrected chi connectivity index (χ4v) is 11.6. The van der Waals surface area contributed by atoms with Crippen molar-refractivity contribution in [2.45, 2.75) is 121 Å². The minimum Gasteiger partial charge on any atom is -0.497 e. The molecule has 4 fully saturated rings. The van der Waals surface area contributed by atoms with E-state index >= 15 is 8.78 Å². The van der Waals surface area contributed by atoms with Crippen molar-refractivity contribution in [2.24, 2.45) is 22.7 Å². The van der Waals surface area contributed by atoms with Crippen LogP contribution in [0.25, 0.3) is 21.8 Å². The summed E-state index contributed by atoms with van der Waals surface area (Å²) in [5.41, 5.74) is 2.00. The van der Waals surface area contributed by atoms with E-state index in [1.807, 2.05) is 24.3 Å². The Balaban J connectivity index is 0.000000189. The number of aromatic nitrogens is 2. The molecule has 2 N–H and O–H groups in total. The minimum atomic E-state index is -1.20. The average molecular weight is 912 g/mol.